The van der Waals surface area contributed by atoms with E-state index in [1.165, 1.54) is 11.1 Å². The second kappa shape index (κ2) is 8.26. The van der Waals surface area contributed by atoms with Gasteiger partial charge >= 0.3 is 6.01 Å². The lowest BCUT2D eigenvalue weighted by Gasteiger charge is -2.52. The Bertz CT molecular complexity index is 1120. The van der Waals surface area contributed by atoms with Gasteiger partial charge in [0.15, 0.2) is 0 Å². The first-order valence-corrected chi connectivity index (χ1v) is 10.5. The van der Waals surface area contributed by atoms with Crippen LogP contribution in [0, 0.1) is 6.92 Å². The average Bonchev–Trinajstić information content (AvgIpc) is 2.80. The van der Waals surface area contributed by atoms with E-state index in [2.05, 4.69) is 76.7 Å². The molecule has 5 rings (SSSR count). The first kappa shape index (κ1) is 19.4. The van der Waals surface area contributed by atoms with Crippen molar-refractivity contribution in [3.05, 3.63) is 114 Å². The van der Waals surface area contributed by atoms with E-state index in [0.717, 1.165) is 17.2 Å². The highest BCUT2D eigenvalue weighted by molar-refractivity contribution is 5.45. The molecule has 0 radical (unpaired) electrons. The van der Waals surface area contributed by atoms with Gasteiger partial charge in [0, 0.05) is 41.8 Å². The van der Waals surface area contributed by atoms with Gasteiger partial charge in [-0.15, -0.1) is 0 Å². The first-order chi connectivity index (χ1) is 15.3. The van der Waals surface area contributed by atoms with Crippen LogP contribution < -0.4 is 4.74 Å². The van der Waals surface area contributed by atoms with Crippen molar-refractivity contribution in [2.45, 2.75) is 30.6 Å². The number of aromatic nitrogens is 4. The Labute approximate surface area is 182 Å². The highest BCUT2D eigenvalue weighted by Gasteiger charge is 2.54. The topological polar surface area (TPSA) is 60.8 Å². The van der Waals surface area contributed by atoms with Crippen LogP contribution in [0.5, 0.6) is 6.01 Å². The normalized spacial score (nSPS) is 22.5. The van der Waals surface area contributed by atoms with E-state index < -0.39 is 0 Å². The second-order valence-electron chi connectivity index (χ2n) is 7.92. The van der Waals surface area contributed by atoms with Crippen LogP contribution in [0.4, 0.5) is 0 Å². The molecule has 0 unspecified atom stereocenters. The van der Waals surface area contributed by atoms with Crippen molar-refractivity contribution in [3.8, 4) is 6.01 Å². The molecule has 5 nitrogen and oxygen atoms in total. The molecule has 31 heavy (non-hydrogen) atoms. The van der Waals surface area contributed by atoms with Crippen LogP contribution in [0.15, 0.2) is 85.2 Å². The summed E-state index contributed by atoms with van der Waals surface area (Å²) in [5.74, 6) is 1.67. The largest absolute Gasteiger partial charge is 0.467 e. The van der Waals surface area contributed by atoms with E-state index >= 15 is 0 Å². The summed E-state index contributed by atoms with van der Waals surface area (Å²) in [7, 11) is 1.61. The highest BCUT2D eigenvalue weighted by Crippen LogP contribution is 2.65. The zero-order chi connectivity index (χ0) is 21.2. The molecule has 0 aliphatic heterocycles. The number of aryl methyl sites for hydroxylation is 1. The Morgan fingerprint density at radius 3 is 1.65 bits per heavy atom. The third-order valence-corrected chi connectivity index (χ3v) is 6.23. The lowest BCUT2D eigenvalue weighted by atomic mass is 9.50. The van der Waals surface area contributed by atoms with Crippen molar-refractivity contribution >= 4 is 0 Å². The summed E-state index contributed by atoms with van der Waals surface area (Å²) in [6, 6.07) is 25.8. The molecule has 0 bridgehead atoms. The third-order valence-electron chi connectivity index (χ3n) is 6.23. The molecule has 5 heteroatoms. The van der Waals surface area contributed by atoms with Crippen LogP contribution in [-0.2, 0) is 0 Å². The number of hydrogen-bond donors (Lipinski definition) is 0. The maximum absolute atomic E-state index is 5.34. The highest BCUT2D eigenvalue weighted by atomic mass is 16.5. The molecule has 4 aromatic rings. The van der Waals surface area contributed by atoms with E-state index in [1.807, 2.05) is 19.2 Å². The van der Waals surface area contributed by atoms with E-state index in [0.29, 0.717) is 6.01 Å². The molecule has 2 heterocycles. The van der Waals surface area contributed by atoms with Gasteiger partial charge in [0.25, 0.3) is 0 Å². The summed E-state index contributed by atoms with van der Waals surface area (Å²) in [4.78, 5) is 18.1. The van der Waals surface area contributed by atoms with Gasteiger partial charge in [0.2, 0.25) is 0 Å². The fraction of sp³-hybridized carbons (Fsp3) is 0.231. The molecule has 1 aliphatic carbocycles. The number of ether oxygens (including phenoxy) is 1. The molecule has 2 aromatic heterocycles. The van der Waals surface area contributed by atoms with Gasteiger partial charge in [-0.05, 0) is 30.2 Å². The maximum Gasteiger partial charge on any atom is 0.316 e. The zero-order valence-electron chi connectivity index (χ0n) is 17.6. The Morgan fingerprint density at radius 2 is 1.13 bits per heavy atom. The number of nitrogens with zero attached hydrogens (tertiary/aromatic N) is 4. The van der Waals surface area contributed by atoms with E-state index in [4.69, 9.17) is 14.7 Å². The van der Waals surface area contributed by atoms with Gasteiger partial charge in [-0.1, -0.05) is 60.7 Å². The van der Waals surface area contributed by atoms with Crippen LogP contribution in [0.3, 0.4) is 0 Å². The number of rotatable bonds is 5. The van der Waals surface area contributed by atoms with Crippen LogP contribution in [0.2, 0.25) is 0 Å². The average molecular weight is 409 g/mol. The first-order valence-electron chi connectivity index (χ1n) is 10.5. The van der Waals surface area contributed by atoms with Gasteiger partial charge in [-0.2, -0.15) is 4.98 Å². The summed E-state index contributed by atoms with van der Waals surface area (Å²) >= 11 is 0. The van der Waals surface area contributed by atoms with Gasteiger partial charge in [0.05, 0.1) is 12.8 Å². The third kappa shape index (κ3) is 3.56. The lowest BCUT2D eigenvalue weighted by molar-refractivity contribution is 0.217. The molecule has 2 atom stereocenters. The quantitative estimate of drug-likeness (QED) is 0.463. The van der Waals surface area contributed by atoms with Gasteiger partial charge < -0.3 is 4.74 Å². The van der Waals surface area contributed by atoms with E-state index in [1.54, 1.807) is 13.3 Å². The fourth-order valence-electron chi connectivity index (χ4n) is 4.96. The SMILES string of the molecule is COc1nccc([C@H]2[C@H](c3ccccc3)[C@H](c3ccnc(C)n3)[C@H]2c2ccccc2)n1. The molecule has 0 amide bonds. The fourth-order valence-corrected chi connectivity index (χ4v) is 4.96. The Balaban J connectivity index is 1.69. The molecule has 1 fully saturated rings. The second-order valence-corrected chi connectivity index (χ2v) is 7.92. The monoisotopic (exact) mass is 408 g/mol. The van der Waals surface area contributed by atoms with Crippen molar-refractivity contribution in [1.29, 1.82) is 0 Å². The summed E-state index contributed by atoms with van der Waals surface area (Å²) in [6.45, 7) is 1.95. The van der Waals surface area contributed by atoms with Gasteiger partial charge in [-0.25, -0.2) is 15.0 Å². The smallest absolute Gasteiger partial charge is 0.316 e. The van der Waals surface area contributed by atoms with Crippen LogP contribution in [-0.4, -0.2) is 27.0 Å². The standard InChI is InChI=1S/C26H24N4O/c1-17-27-15-13-20(29-17)24-22(18-9-5-3-6-10-18)25(21-14-16-28-26(30-21)31-2)23(24)19-11-7-4-8-12-19/h3-16,22-25H,1-2H3/t22-,23-,24-,25-/m1/s1. The molecule has 2 aromatic carbocycles. The summed E-state index contributed by atoms with van der Waals surface area (Å²) in [5, 5.41) is 0. The molecule has 0 saturated heterocycles. The van der Waals surface area contributed by atoms with Gasteiger partial charge in [0.1, 0.15) is 5.82 Å². The minimum atomic E-state index is 0.182. The van der Waals surface area contributed by atoms with Crippen LogP contribution >= 0.6 is 0 Å². The molecular formula is C26H24N4O. The van der Waals surface area contributed by atoms with Gasteiger partial charge in [-0.3, -0.25) is 0 Å². The molecule has 1 aliphatic rings. The summed E-state index contributed by atoms with van der Waals surface area (Å²) < 4.78 is 5.34. The Kier molecular flexibility index (Phi) is 5.16. The minimum absolute atomic E-state index is 0.182. The van der Waals surface area contributed by atoms with Crippen LogP contribution in [0.1, 0.15) is 52.0 Å². The number of benzene rings is 2. The van der Waals surface area contributed by atoms with E-state index in [-0.39, 0.29) is 23.7 Å². The van der Waals surface area contributed by atoms with E-state index in [9.17, 15) is 0 Å². The van der Waals surface area contributed by atoms with Crippen LogP contribution in [0.25, 0.3) is 0 Å². The van der Waals surface area contributed by atoms with Crippen molar-refractivity contribution in [2.75, 3.05) is 7.11 Å². The zero-order valence-corrected chi connectivity index (χ0v) is 17.6. The van der Waals surface area contributed by atoms with Crippen molar-refractivity contribution < 1.29 is 4.74 Å². The summed E-state index contributed by atoms with van der Waals surface area (Å²) in [5.41, 5.74) is 4.65. The predicted octanol–water partition coefficient (Wildman–Crippen LogP) is 5.03. The molecular weight excluding hydrogens is 384 g/mol. The molecule has 0 N–H and O–H groups in total. The Hall–Kier alpha value is -3.60. The maximum atomic E-state index is 5.34. The predicted molar refractivity (Wildman–Crippen MR) is 119 cm³/mol. The van der Waals surface area contributed by atoms with Crippen molar-refractivity contribution in [1.82, 2.24) is 19.9 Å². The Morgan fingerprint density at radius 1 is 0.613 bits per heavy atom. The number of hydrogen-bond acceptors (Lipinski definition) is 5. The minimum Gasteiger partial charge on any atom is -0.467 e. The molecule has 0 spiro atoms. The summed E-state index contributed by atoms with van der Waals surface area (Å²) in [6.07, 6.45) is 3.65. The molecule has 1 saturated carbocycles. The van der Waals surface area contributed by atoms with Crippen molar-refractivity contribution in [3.63, 3.8) is 0 Å². The lowest BCUT2D eigenvalue weighted by Crippen LogP contribution is -2.41. The molecule has 154 valence electrons. The van der Waals surface area contributed by atoms with Crippen molar-refractivity contribution in [2.24, 2.45) is 0 Å². The number of methoxy groups -OCH3 is 1.